The molecule has 1 saturated heterocycles. The Morgan fingerprint density at radius 3 is 2.68 bits per heavy atom. The SMILES string of the molecule is CC(C)(C)OC(=O)N1CC(c2nn(Cc3nc(-c4ccncc4F)no3)c3cncc(F)c23)C1. The largest absolute Gasteiger partial charge is 0.444 e. The summed E-state index contributed by atoms with van der Waals surface area (Å²) >= 11 is 0. The third-order valence-electron chi connectivity index (χ3n) is 5.33. The van der Waals surface area contributed by atoms with Crippen LogP contribution in [0.3, 0.4) is 0 Å². The third kappa shape index (κ3) is 4.06. The van der Waals surface area contributed by atoms with Gasteiger partial charge in [-0.05, 0) is 26.8 Å². The number of amides is 1. The molecule has 0 radical (unpaired) electrons. The smallest absolute Gasteiger partial charge is 0.410 e. The van der Waals surface area contributed by atoms with E-state index in [9.17, 15) is 13.6 Å². The van der Waals surface area contributed by atoms with Crippen molar-refractivity contribution in [1.29, 1.82) is 0 Å². The molecule has 0 unspecified atom stereocenters. The predicted molar refractivity (Wildman–Crippen MR) is 115 cm³/mol. The van der Waals surface area contributed by atoms with Crippen molar-refractivity contribution >= 4 is 17.0 Å². The van der Waals surface area contributed by atoms with Gasteiger partial charge in [-0.1, -0.05) is 5.16 Å². The number of nitrogens with zero attached hydrogens (tertiary/aromatic N) is 7. The Balaban J connectivity index is 1.40. The lowest BCUT2D eigenvalue weighted by molar-refractivity contribution is 0.00792. The molecule has 0 aromatic carbocycles. The first kappa shape index (κ1) is 21.9. The summed E-state index contributed by atoms with van der Waals surface area (Å²) in [7, 11) is 0. The molecule has 5 rings (SSSR count). The van der Waals surface area contributed by atoms with Crippen LogP contribution in [-0.2, 0) is 11.3 Å². The van der Waals surface area contributed by atoms with Crippen LogP contribution in [0.4, 0.5) is 13.6 Å². The van der Waals surface area contributed by atoms with Crippen LogP contribution >= 0.6 is 0 Å². The number of carbonyl (C=O) groups is 1. The van der Waals surface area contributed by atoms with E-state index in [1.54, 1.807) is 25.7 Å². The lowest BCUT2D eigenvalue weighted by atomic mass is 9.94. The summed E-state index contributed by atoms with van der Waals surface area (Å²) in [5.41, 5.74) is 0.506. The van der Waals surface area contributed by atoms with E-state index in [-0.39, 0.29) is 29.7 Å². The van der Waals surface area contributed by atoms with Crippen LogP contribution in [0.2, 0.25) is 0 Å². The molecule has 10 nitrogen and oxygen atoms in total. The average Bonchev–Trinajstić information content (AvgIpc) is 3.32. The fourth-order valence-electron chi connectivity index (χ4n) is 3.75. The number of hydrogen-bond donors (Lipinski definition) is 0. The minimum absolute atomic E-state index is 0.0316. The van der Waals surface area contributed by atoms with Crippen LogP contribution in [-0.4, -0.2) is 59.6 Å². The van der Waals surface area contributed by atoms with Crippen LogP contribution in [0, 0.1) is 11.6 Å². The molecule has 1 aliphatic heterocycles. The number of halogens is 2. The summed E-state index contributed by atoms with van der Waals surface area (Å²) in [5, 5.41) is 8.73. The highest BCUT2D eigenvalue weighted by Gasteiger charge is 2.37. The Morgan fingerprint density at radius 1 is 1.18 bits per heavy atom. The summed E-state index contributed by atoms with van der Waals surface area (Å²) in [4.78, 5) is 25.7. The van der Waals surface area contributed by atoms with Gasteiger partial charge in [-0.25, -0.2) is 13.6 Å². The van der Waals surface area contributed by atoms with Gasteiger partial charge in [-0.3, -0.25) is 14.6 Å². The first-order valence-corrected chi connectivity index (χ1v) is 10.6. The Hall–Kier alpha value is -3.96. The van der Waals surface area contributed by atoms with E-state index >= 15 is 0 Å². The molecule has 12 heteroatoms. The second-order valence-electron chi connectivity index (χ2n) is 9.01. The number of likely N-dealkylation sites (tertiary alicyclic amines) is 1. The maximum absolute atomic E-state index is 14.7. The van der Waals surface area contributed by atoms with Crippen molar-refractivity contribution in [3.63, 3.8) is 0 Å². The number of ether oxygens (including phenoxy) is 1. The third-order valence-corrected chi connectivity index (χ3v) is 5.33. The molecule has 176 valence electrons. The van der Waals surface area contributed by atoms with Gasteiger partial charge in [0.25, 0.3) is 0 Å². The van der Waals surface area contributed by atoms with Gasteiger partial charge in [0.05, 0.1) is 40.8 Å². The van der Waals surface area contributed by atoms with Crippen molar-refractivity contribution in [1.82, 2.24) is 34.8 Å². The first-order chi connectivity index (χ1) is 16.2. The van der Waals surface area contributed by atoms with Crippen molar-refractivity contribution in [2.45, 2.75) is 38.8 Å². The molecular weight excluding hydrogens is 448 g/mol. The van der Waals surface area contributed by atoms with E-state index < -0.39 is 23.3 Å². The summed E-state index contributed by atoms with van der Waals surface area (Å²) in [6, 6.07) is 1.44. The number of rotatable bonds is 4. The van der Waals surface area contributed by atoms with Gasteiger partial charge in [0.2, 0.25) is 11.7 Å². The quantitative estimate of drug-likeness (QED) is 0.446. The molecule has 0 atom stereocenters. The highest BCUT2D eigenvalue weighted by Crippen LogP contribution is 2.34. The van der Waals surface area contributed by atoms with Crippen LogP contribution in [0.1, 0.15) is 38.3 Å². The highest BCUT2D eigenvalue weighted by molar-refractivity contribution is 5.83. The van der Waals surface area contributed by atoms with Gasteiger partial charge in [0.15, 0.2) is 11.6 Å². The highest BCUT2D eigenvalue weighted by atomic mass is 19.1. The van der Waals surface area contributed by atoms with E-state index in [4.69, 9.17) is 9.26 Å². The van der Waals surface area contributed by atoms with E-state index in [0.29, 0.717) is 29.7 Å². The Labute approximate surface area is 192 Å². The fourth-order valence-corrected chi connectivity index (χ4v) is 3.75. The Kier molecular flexibility index (Phi) is 5.22. The molecule has 34 heavy (non-hydrogen) atoms. The molecule has 1 aliphatic rings. The van der Waals surface area contributed by atoms with Crippen molar-refractivity contribution < 1.29 is 22.8 Å². The maximum Gasteiger partial charge on any atom is 0.410 e. The molecule has 0 bridgehead atoms. The lowest BCUT2D eigenvalue weighted by Gasteiger charge is -2.39. The molecule has 0 aliphatic carbocycles. The first-order valence-electron chi connectivity index (χ1n) is 10.6. The van der Waals surface area contributed by atoms with Gasteiger partial charge >= 0.3 is 6.09 Å². The van der Waals surface area contributed by atoms with Crippen LogP contribution < -0.4 is 0 Å². The van der Waals surface area contributed by atoms with Gasteiger partial charge < -0.3 is 14.2 Å². The summed E-state index contributed by atoms with van der Waals surface area (Å²) < 4.78 is 40.9. The predicted octanol–water partition coefficient (Wildman–Crippen LogP) is 3.54. The Morgan fingerprint density at radius 2 is 1.94 bits per heavy atom. The van der Waals surface area contributed by atoms with Crippen molar-refractivity contribution in [2.24, 2.45) is 0 Å². The second kappa shape index (κ2) is 8.12. The minimum atomic E-state index is -0.601. The number of hydrogen-bond acceptors (Lipinski definition) is 8. The number of carbonyl (C=O) groups excluding carboxylic acids is 1. The molecule has 1 fully saturated rings. The average molecular weight is 469 g/mol. The second-order valence-corrected chi connectivity index (χ2v) is 9.01. The van der Waals surface area contributed by atoms with E-state index in [1.165, 1.54) is 23.1 Å². The van der Waals surface area contributed by atoms with Gasteiger partial charge in [-0.15, -0.1) is 0 Å². The van der Waals surface area contributed by atoms with Crippen LogP contribution in [0.25, 0.3) is 22.3 Å². The van der Waals surface area contributed by atoms with E-state index in [0.717, 1.165) is 12.4 Å². The topological polar surface area (TPSA) is 112 Å². The van der Waals surface area contributed by atoms with Gasteiger partial charge in [-0.2, -0.15) is 10.1 Å². The van der Waals surface area contributed by atoms with Crippen molar-refractivity contribution in [2.75, 3.05) is 13.1 Å². The molecule has 0 saturated carbocycles. The summed E-state index contributed by atoms with van der Waals surface area (Å²) in [6.07, 6.45) is 4.69. The van der Waals surface area contributed by atoms with Gasteiger partial charge in [0, 0.05) is 25.2 Å². The van der Waals surface area contributed by atoms with E-state index in [1.807, 2.05) is 0 Å². The zero-order valence-electron chi connectivity index (χ0n) is 18.7. The van der Waals surface area contributed by atoms with E-state index in [2.05, 4.69) is 25.2 Å². The summed E-state index contributed by atoms with van der Waals surface area (Å²) in [6.45, 7) is 6.14. The standard InChI is InChI=1S/C22H21F2N7O3/c1-22(2,3)33-21(32)30-9-12(10-30)19-18-15(24)7-26-8-16(18)31(28-19)11-17-27-20(29-34-17)13-4-5-25-6-14(13)23/h4-8,12H,9-11H2,1-3H3. The lowest BCUT2D eigenvalue weighted by Crippen LogP contribution is -2.50. The molecule has 1 amide bonds. The maximum atomic E-state index is 14.7. The number of pyridine rings is 2. The number of fused-ring (bicyclic) bond motifs is 1. The van der Waals surface area contributed by atoms with Crippen LogP contribution in [0.5, 0.6) is 0 Å². The molecular formula is C22H21F2N7O3. The van der Waals surface area contributed by atoms with Gasteiger partial charge in [0.1, 0.15) is 12.1 Å². The van der Waals surface area contributed by atoms with Crippen molar-refractivity contribution in [3.05, 3.63) is 54.1 Å². The normalized spacial score (nSPS) is 14.4. The van der Waals surface area contributed by atoms with Crippen LogP contribution in [0.15, 0.2) is 35.4 Å². The fraction of sp³-hybridized carbons (Fsp3) is 0.364. The monoisotopic (exact) mass is 469 g/mol. The Bertz CT molecular complexity index is 1370. The molecule has 0 N–H and O–H groups in total. The summed E-state index contributed by atoms with van der Waals surface area (Å²) in [5.74, 6) is -1.03. The minimum Gasteiger partial charge on any atom is -0.444 e. The zero-order valence-corrected chi connectivity index (χ0v) is 18.7. The molecule has 4 aromatic rings. The van der Waals surface area contributed by atoms with Crippen molar-refractivity contribution in [3.8, 4) is 11.4 Å². The molecule has 0 spiro atoms. The zero-order chi connectivity index (χ0) is 24.0. The molecule has 4 aromatic heterocycles. The number of aromatic nitrogens is 6. The molecule has 5 heterocycles.